The zero-order valence-corrected chi connectivity index (χ0v) is 17.6. The van der Waals surface area contributed by atoms with Crippen LogP contribution in [0.25, 0.3) is 5.69 Å². The van der Waals surface area contributed by atoms with Crippen molar-refractivity contribution in [2.45, 2.75) is 38.6 Å². The van der Waals surface area contributed by atoms with Crippen LogP contribution >= 0.6 is 0 Å². The van der Waals surface area contributed by atoms with Crippen LogP contribution in [-0.2, 0) is 10.0 Å². The smallest absolute Gasteiger partial charge is 0.263 e. The standard InChI is InChI=1S/C21H24N4O3S/c1-14(2)22-21(26)19-16(4)23-25(17-8-6-5-7-9-17)20(19)24-29(27,28)18-12-10-15(3)11-13-18/h5-14,24H,1-4H3,(H,22,26). The predicted molar refractivity (Wildman–Crippen MR) is 113 cm³/mol. The summed E-state index contributed by atoms with van der Waals surface area (Å²) >= 11 is 0. The highest BCUT2D eigenvalue weighted by molar-refractivity contribution is 7.92. The number of anilines is 1. The molecule has 0 unspecified atom stereocenters. The van der Waals surface area contributed by atoms with Crippen molar-refractivity contribution in [2.24, 2.45) is 0 Å². The van der Waals surface area contributed by atoms with Gasteiger partial charge >= 0.3 is 0 Å². The third-order valence-corrected chi connectivity index (χ3v) is 5.63. The second-order valence-electron chi connectivity index (χ2n) is 7.10. The van der Waals surface area contributed by atoms with E-state index in [-0.39, 0.29) is 28.2 Å². The third kappa shape index (κ3) is 4.48. The fourth-order valence-corrected chi connectivity index (χ4v) is 3.94. The van der Waals surface area contributed by atoms with E-state index in [1.54, 1.807) is 31.2 Å². The number of carbonyl (C=O) groups is 1. The molecule has 0 fully saturated rings. The summed E-state index contributed by atoms with van der Waals surface area (Å²) in [7, 11) is -3.92. The summed E-state index contributed by atoms with van der Waals surface area (Å²) < 4.78 is 30.1. The van der Waals surface area contributed by atoms with Gasteiger partial charge in [0.05, 0.1) is 16.3 Å². The van der Waals surface area contributed by atoms with Gasteiger partial charge in [-0.25, -0.2) is 13.1 Å². The lowest BCUT2D eigenvalue weighted by atomic mass is 10.2. The molecule has 1 aromatic heterocycles. The number of aromatic nitrogens is 2. The van der Waals surface area contributed by atoms with Crippen molar-refractivity contribution in [1.82, 2.24) is 15.1 Å². The second kappa shape index (κ2) is 8.08. The van der Waals surface area contributed by atoms with Gasteiger partial charge in [-0.3, -0.25) is 9.52 Å². The van der Waals surface area contributed by atoms with Crippen LogP contribution in [0, 0.1) is 13.8 Å². The molecule has 2 aromatic carbocycles. The summed E-state index contributed by atoms with van der Waals surface area (Å²) in [6.45, 7) is 7.24. The minimum absolute atomic E-state index is 0.104. The lowest BCUT2D eigenvalue weighted by molar-refractivity contribution is 0.0943. The fraction of sp³-hybridized carbons (Fsp3) is 0.238. The van der Waals surface area contributed by atoms with Crippen molar-refractivity contribution in [3.63, 3.8) is 0 Å². The second-order valence-corrected chi connectivity index (χ2v) is 8.79. The summed E-state index contributed by atoms with van der Waals surface area (Å²) in [5.41, 5.74) is 2.21. The first-order valence-corrected chi connectivity index (χ1v) is 10.7. The Morgan fingerprint density at radius 2 is 1.62 bits per heavy atom. The van der Waals surface area contributed by atoms with Crippen LogP contribution in [-0.4, -0.2) is 30.1 Å². The summed E-state index contributed by atoms with van der Waals surface area (Å²) in [5, 5.41) is 7.24. The Morgan fingerprint density at radius 3 is 2.21 bits per heavy atom. The SMILES string of the molecule is Cc1ccc(S(=O)(=O)Nc2c(C(=O)NC(C)C)c(C)nn2-c2ccccc2)cc1. The monoisotopic (exact) mass is 412 g/mol. The van der Waals surface area contributed by atoms with Crippen LogP contribution in [0.2, 0.25) is 0 Å². The first-order chi connectivity index (χ1) is 13.7. The summed E-state index contributed by atoms with van der Waals surface area (Å²) in [4.78, 5) is 12.9. The van der Waals surface area contributed by atoms with Gasteiger partial charge < -0.3 is 5.32 Å². The van der Waals surface area contributed by atoms with Gasteiger partial charge in [-0.05, 0) is 52.0 Å². The molecule has 0 radical (unpaired) electrons. The largest absolute Gasteiger partial charge is 0.350 e. The van der Waals surface area contributed by atoms with Crippen molar-refractivity contribution in [3.8, 4) is 5.69 Å². The number of rotatable bonds is 6. The maximum absolute atomic E-state index is 13.0. The van der Waals surface area contributed by atoms with E-state index in [0.29, 0.717) is 11.4 Å². The van der Waals surface area contributed by atoms with Gasteiger partial charge in [0.2, 0.25) is 0 Å². The number of para-hydroxylation sites is 1. The van der Waals surface area contributed by atoms with Gasteiger partial charge in [0, 0.05) is 6.04 Å². The number of amides is 1. The molecule has 29 heavy (non-hydrogen) atoms. The van der Waals surface area contributed by atoms with Crippen molar-refractivity contribution in [1.29, 1.82) is 0 Å². The van der Waals surface area contributed by atoms with E-state index < -0.39 is 10.0 Å². The van der Waals surface area contributed by atoms with E-state index in [2.05, 4.69) is 15.1 Å². The summed E-state index contributed by atoms with van der Waals surface area (Å²) in [6.07, 6.45) is 0. The summed E-state index contributed by atoms with van der Waals surface area (Å²) in [6, 6.07) is 15.5. The minimum Gasteiger partial charge on any atom is -0.350 e. The number of sulfonamides is 1. The van der Waals surface area contributed by atoms with Crippen LogP contribution in [0.3, 0.4) is 0 Å². The van der Waals surface area contributed by atoms with E-state index in [9.17, 15) is 13.2 Å². The molecule has 0 saturated carbocycles. The molecule has 0 spiro atoms. The molecule has 152 valence electrons. The van der Waals surface area contributed by atoms with E-state index >= 15 is 0 Å². The zero-order valence-electron chi connectivity index (χ0n) is 16.8. The molecule has 1 amide bonds. The predicted octanol–water partition coefficient (Wildman–Crippen LogP) is 3.43. The van der Waals surface area contributed by atoms with Gasteiger partial charge in [-0.1, -0.05) is 35.9 Å². The first-order valence-electron chi connectivity index (χ1n) is 9.24. The maximum atomic E-state index is 13.0. The highest BCUT2D eigenvalue weighted by Crippen LogP contribution is 2.26. The van der Waals surface area contributed by atoms with Gasteiger partial charge in [0.1, 0.15) is 5.56 Å². The zero-order chi connectivity index (χ0) is 21.2. The molecule has 2 N–H and O–H groups in total. The number of benzene rings is 2. The highest BCUT2D eigenvalue weighted by atomic mass is 32.2. The minimum atomic E-state index is -3.92. The lowest BCUT2D eigenvalue weighted by Crippen LogP contribution is -2.31. The number of carbonyl (C=O) groups excluding carboxylic acids is 1. The Bertz CT molecular complexity index is 1120. The molecule has 0 bridgehead atoms. The van der Waals surface area contributed by atoms with E-state index in [0.717, 1.165) is 5.56 Å². The fourth-order valence-electron chi connectivity index (χ4n) is 2.89. The Labute approximate surface area is 170 Å². The quantitative estimate of drug-likeness (QED) is 0.649. The van der Waals surface area contributed by atoms with E-state index in [1.807, 2.05) is 39.0 Å². The Kier molecular flexibility index (Phi) is 5.74. The molecule has 0 atom stereocenters. The molecular weight excluding hydrogens is 388 g/mol. The highest BCUT2D eigenvalue weighted by Gasteiger charge is 2.27. The molecular formula is C21H24N4O3S. The van der Waals surface area contributed by atoms with Crippen LogP contribution in [0.15, 0.2) is 59.5 Å². The van der Waals surface area contributed by atoms with Crippen molar-refractivity contribution in [2.75, 3.05) is 4.72 Å². The molecule has 0 aliphatic rings. The van der Waals surface area contributed by atoms with Gasteiger partial charge in [0.25, 0.3) is 15.9 Å². The molecule has 8 heteroatoms. The number of aryl methyl sites for hydroxylation is 2. The molecule has 1 heterocycles. The number of hydrogen-bond acceptors (Lipinski definition) is 4. The van der Waals surface area contributed by atoms with Crippen LogP contribution in [0.4, 0.5) is 5.82 Å². The number of nitrogens with zero attached hydrogens (tertiary/aromatic N) is 2. The molecule has 3 aromatic rings. The van der Waals surface area contributed by atoms with E-state index in [1.165, 1.54) is 16.8 Å². The maximum Gasteiger partial charge on any atom is 0.263 e. The lowest BCUT2D eigenvalue weighted by Gasteiger charge is -2.14. The normalized spacial score (nSPS) is 11.5. The third-order valence-electron chi connectivity index (χ3n) is 4.27. The Morgan fingerprint density at radius 1 is 1.00 bits per heavy atom. The van der Waals surface area contributed by atoms with Gasteiger partial charge in [0.15, 0.2) is 5.82 Å². The first kappa shape index (κ1) is 20.6. The number of nitrogens with one attached hydrogen (secondary N) is 2. The van der Waals surface area contributed by atoms with Crippen LogP contribution < -0.4 is 10.0 Å². The van der Waals surface area contributed by atoms with Gasteiger partial charge in [-0.2, -0.15) is 5.10 Å². The Balaban J connectivity index is 2.14. The molecule has 0 aliphatic heterocycles. The molecule has 0 saturated heterocycles. The van der Waals surface area contributed by atoms with E-state index in [4.69, 9.17) is 0 Å². The molecule has 3 rings (SSSR count). The Hall–Kier alpha value is -3.13. The molecule has 7 nitrogen and oxygen atoms in total. The average molecular weight is 413 g/mol. The van der Waals surface area contributed by atoms with Crippen molar-refractivity contribution in [3.05, 3.63) is 71.4 Å². The topological polar surface area (TPSA) is 93.1 Å². The van der Waals surface area contributed by atoms with Crippen LogP contribution in [0.1, 0.15) is 35.5 Å². The summed E-state index contributed by atoms with van der Waals surface area (Å²) in [5.74, 6) is -0.284. The number of hydrogen-bond donors (Lipinski definition) is 2. The van der Waals surface area contributed by atoms with Gasteiger partial charge in [-0.15, -0.1) is 0 Å². The van der Waals surface area contributed by atoms with Crippen molar-refractivity contribution < 1.29 is 13.2 Å². The molecule has 0 aliphatic carbocycles. The average Bonchev–Trinajstić information content (AvgIpc) is 2.97. The van der Waals surface area contributed by atoms with Crippen molar-refractivity contribution >= 4 is 21.7 Å². The van der Waals surface area contributed by atoms with Crippen LogP contribution in [0.5, 0.6) is 0 Å².